The standard InChI is InChI=1S/C48H85O3P/c1-16-17-18-19-20-21-22-23-24-25-26-27-28-29-30-31-32-52(49,50-43-37(2)33-39(45(4,5)6)35-41(43)47(10,11)12)51-44-38(3)34-40(46(7,8)9)36-42(44)48(13,14)15/h33-36,49,52H,16-32H2,1-15H3. The fourth-order valence-corrected chi connectivity index (χ4v) is 9.26. The molecule has 0 bridgehead atoms. The molecule has 0 fully saturated rings. The van der Waals surface area contributed by atoms with Gasteiger partial charge in [-0.1, -0.05) is 39.0 Å². The monoisotopic (exact) mass is 741 g/mol. The average molecular weight is 741 g/mol. The number of aryl methyl sites for hydroxylation is 2. The Balaban J connectivity index is 2.23. The van der Waals surface area contributed by atoms with Crippen LogP contribution in [0.15, 0.2) is 24.3 Å². The van der Waals surface area contributed by atoms with E-state index in [1.165, 1.54) is 101 Å². The van der Waals surface area contributed by atoms with Gasteiger partial charge in [-0.3, -0.25) is 0 Å². The maximum absolute atomic E-state index is 12.7. The van der Waals surface area contributed by atoms with E-state index in [1.54, 1.807) is 0 Å². The molecule has 0 aliphatic rings. The summed E-state index contributed by atoms with van der Waals surface area (Å²) in [6, 6.07) is 9.10. The number of rotatable bonds is 21. The molecule has 0 heterocycles. The Hall–Kier alpha value is -1.57. The molecule has 2 aromatic carbocycles. The van der Waals surface area contributed by atoms with E-state index < -0.39 is 7.94 Å². The summed E-state index contributed by atoms with van der Waals surface area (Å²) in [5.41, 5.74) is 6.67. The molecule has 0 atom stereocenters. The van der Waals surface area contributed by atoms with Crippen molar-refractivity contribution in [2.24, 2.45) is 0 Å². The van der Waals surface area contributed by atoms with E-state index in [0.717, 1.165) is 46.6 Å². The zero-order valence-corrected chi connectivity index (χ0v) is 38.1. The van der Waals surface area contributed by atoms with Gasteiger partial charge in [-0.05, 0) is 0 Å². The van der Waals surface area contributed by atoms with Crippen molar-refractivity contribution in [1.82, 2.24) is 0 Å². The first-order chi connectivity index (χ1) is 24.0. The third-order valence-electron chi connectivity index (χ3n) is 10.8. The van der Waals surface area contributed by atoms with Gasteiger partial charge >= 0.3 is 286 Å². The van der Waals surface area contributed by atoms with E-state index in [9.17, 15) is 4.89 Å². The molecule has 4 heteroatoms. The van der Waals surface area contributed by atoms with Crippen LogP contribution in [-0.2, 0) is 21.7 Å². The summed E-state index contributed by atoms with van der Waals surface area (Å²) in [4.78, 5) is 12.7. The Morgan fingerprint density at radius 1 is 0.442 bits per heavy atom. The van der Waals surface area contributed by atoms with Gasteiger partial charge in [0.2, 0.25) is 0 Å². The van der Waals surface area contributed by atoms with Crippen molar-refractivity contribution in [1.29, 1.82) is 0 Å². The third-order valence-corrected chi connectivity index (χ3v) is 12.8. The topological polar surface area (TPSA) is 38.7 Å². The third kappa shape index (κ3) is 15.7. The van der Waals surface area contributed by atoms with E-state index in [4.69, 9.17) is 9.05 Å². The Kier molecular flexibility index (Phi) is 18.3. The van der Waals surface area contributed by atoms with E-state index >= 15 is 0 Å². The molecular weight excluding hydrogens is 655 g/mol. The average Bonchev–Trinajstić information content (AvgIpc) is 3.00. The van der Waals surface area contributed by atoms with Gasteiger partial charge in [0.25, 0.3) is 0 Å². The minimum absolute atomic E-state index is 0.00853. The second-order valence-electron chi connectivity index (χ2n) is 20.3. The van der Waals surface area contributed by atoms with Crippen LogP contribution in [0.4, 0.5) is 0 Å². The molecule has 0 amide bonds. The Bertz CT molecular complexity index is 1260. The molecule has 0 aliphatic carbocycles. The van der Waals surface area contributed by atoms with Crippen LogP contribution < -0.4 is 9.05 Å². The molecule has 0 saturated heterocycles. The number of benzene rings is 2. The summed E-state index contributed by atoms with van der Waals surface area (Å²) >= 11 is 0. The summed E-state index contributed by atoms with van der Waals surface area (Å²) in [6.07, 6.45) is 21.7. The van der Waals surface area contributed by atoms with Crippen molar-refractivity contribution in [3.63, 3.8) is 0 Å². The molecule has 0 aliphatic heterocycles. The molecule has 0 aromatic heterocycles. The maximum atomic E-state index is 12.7. The summed E-state index contributed by atoms with van der Waals surface area (Å²) in [5.74, 6) is 1.60. The molecule has 1 N–H and O–H groups in total. The van der Waals surface area contributed by atoms with Gasteiger partial charge in [-0.15, -0.1) is 0 Å². The van der Waals surface area contributed by atoms with Crippen molar-refractivity contribution < 1.29 is 13.9 Å². The summed E-state index contributed by atoms with van der Waals surface area (Å²) in [7, 11) is -3.75. The van der Waals surface area contributed by atoms with Crippen molar-refractivity contribution >= 4 is 7.94 Å². The van der Waals surface area contributed by atoms with Gasteiger partial charge < -0.3 is 0 Å². The summed E-state index contributed by atoms with van der Waals surface area (Å²) < 4.78 is 14.0. The van der Waals surface area contributed by atoms with Crippen LogP contribution in [0.25, 0.3) is 0 Å². The van der Waals surface area contributed by atoms with Crippen LogP contribution in [0.5, 0.6) is 11.5 Å². The van der Waals surface area contributed by atoms with Crippen molar-refractivity contribution in [2.75, 3.05) is 6.16 Å². The fraction of sp³-hybridized carbons (Fsp3) is 0.750. The van der Waals surface area contributed by atoms with Crippen molar-refractivity contribution in [3.05, 3.63) is 57.6 Å². The number of unbranched alkanes of at least 4 members (excludes halogenated alkanes) is 15. The Morgan fingerprint density at radius 2 is 0.731 bits per heavy atom. The molecule has 0 radical (unpaired) electrons. The van der Waals surface area contributed by atoms with Gasteiger partial charge in [-0.2, -0.15) is 0 Å². The SMILES string of the molecule is CCCCCCCCCCCCCCCCCC[PH](O)(Oc1c(C)cc(C(C)(C)C)cc1C(C)(C)C)Oc1c(C)cc(C(C)(C)C)cc1C(C)(C)C. The van der Waals surface area contributed by atoms with Crippen molar-refractivity contribution in [2.45, 2.75) is 228 Å². The molecule has 0 saturated carbocycles. The van der Waals surface area contributed by atoms with Gasteiger partial charge in [-0.25, -0.2) is 0 Å². The first kappa shape index (κ1) is 46.6. The van der Waals surface area contributed by atoms with Gasteiger partial charge in [0.1, 0.15) is 0 Å². The van der Waals surface area contributed by atoms with Crippen LogP contribution >= 0.6 is 7.94 Å². The summed E-state index contributed by atoms with van der Waals surface area (Å²) in [5, 5.41) is 0. The van der Waals surface area contributed by atoms with Crippen LogP contribution in [0.2, 0.25) is 0 Å². The van der Waals surface area contributed by atoms with Crippen LogP contribution in [0.3, 0.4) is 0 Å². The molecule has 300 valence electrons. The van der Waals surface area contributed by atoms with Gasteiger partial charge in [0.05, 0.1) is 0 Å². The quantitative estimate of drug-likeness (QED) is 0.102. The van der Waals surface area contributed by atoms with E-state index in [-0.39, 0.29) is 21.7 Å². The molecule has 3 nitrogen and oxygen atoms in total. The first-order valence-electron chi connectivity index (χ1n) is 21.4. The Morgan fingerprint density at radius 3 is 1.00 bits per heavy atom. The van der Waals surface area contributed by atoms with E-state index in [1.807, 2.05) is 0 Å². The molecule has 0 unspecified atom stereocenters. The van der Waals surface area contributed by atoms with Crippen LogP contribution in [0, 0.1) is 13.8 Å². The number of hydrogen-bond acceptors (Lipinski definition) is 3. The predicted octanol–water partition coefficient (Wildman–Crippen LogP) is 15.7. The zero-order chi connectivity index (χ0) is 39.4. The number of hydrogen-bond donors (Lipinski definition) is 1. The Labute approximate surface area is 324 Å². The fourth-order valence-electron chi connectivity index (χ4n) is 7.14. The van der Waals surface area contributed by atoms with Crippen LogP contribution in [0.1, 0.15) is 226 Å². The molecular formula is C48H85O3P. The van der Waals surface area contributed by atoms with E-state index in [0.29, 0.717) is 6.16 Å². The van der Waals surface area contributed by atoms with Gasteiger partial charge in [0.15, 0.2) is 0 Å². The second kappa shape index (κ2) is 20.4. The minimum atomic E-state index is -3.75. The summed E-state index contributed by atoms with van der Waals surface area (Å²) in [6.45, 7) is 33.6. The molecule has 0 spiro atoms. The normalized spacial score (nSPS) is 13.5. The predicted molar refractivity (Wildman–Crippen MR) is 233 cm³/mol. The zero-order valence-electron chi connectivity index (χ0n) is 37.1. The molecule has 2 aromatic rings. The second-order valence-corrected chi connectivity index (χ2v) is 22.6. The van der Waals surface area contributed by atoms with Crippen molar-refractivity contribution in [3.8, 4) is 11.5 Å². The molecule has 2 rings (SSSR count). The van der Waals surface area contributed by atoms with Gasteiger partial charge in [0, 0.05) is 0 Å². The van der Waals surface area contributed by atoms with Crippen LogP contribution in [-0.4, -0.2) is 11.1 Å². The van der Waals surface area contributed by atoms with E-state index in [2.05, 4.69) is 128 Å². The first-order valence-corrected chi connectivity index (χ1v) is 23.4. The molecule has 52 heavy (non-hydrogen) atoms.